The van der Waals surface area contributed by atoms with Crippen LogP contribution in [0.2, 0.25) is 10.0 Å². The lowest BCUT2D eigenvalue weighted by molar-refractivity contribution is -0.192. The number of amides is 1. The van der Waals surface area contributed by atoms with E-state index in [1.807, 2.05) is 38.1 Å². The van der Waals surface area contributed by atoms with Crippen LogP contribution in [0.1, 0.15) is 24.3 Å². The lowest BCUT2D eigenvalue weighted by Gasteiger charge is -2.18. The van der Waals surface area contributed by atoms with Crippen LogP contribution in [0.5, 0.6) is 0 Å². The van der Waals surface area contributed by atoms with Gasteiger partial charge in [0.2, 0.25) is 0 Å². The summed E-state index contributed by atoms with van der Waals surface area (Å²) in [6.45, 7) is 5.26. The lowest BCUT2D eigenvalue weighted by Crippen LogP contribution is -2.32. The van der Waals surface area contributed by atoms with E-state index in [-0.39, 0.29) is 5.91 Å². The molecule has 0 atom stereocenters. The fraction of sp³-hybridized carbons (Fsp3) is 0.286. The Hall–Kier alpha value is -2.78. The Balaban J connectivity index is 0.000000451. The number of halogens is 5. The summed E-state index contributed by atoms with van der Waals surface area (Å²) < 4.78 is 33.4. The van der Waals surface area contributed by atoms with Gasteiger partial charge in [-0.3, -0.25) is 9.48 Å². The van der Waals surface area contributed by atoms with Crippen LogP contribution in [0.15, 0.2) is 36.4 Å². The first-order chi connectivity index (χ1) is 14.9. The summed E-state index contributed by atoms with van der Waals surface area (Å²) in [6.07, 6.45) is -5.08. The number of carboxylic acid groups (broad SMARTS) is 1. The Morgan fingerprint density at radius 1 is 1.09 bits per heavy atom. The zero-order valence-corrected chi connectivity index (χ0v) is 18.9. The van der Waals surface area contributed by atoms with E-state index in [0.29, 0.717) is 28.8 Å². The third-order valence-corrected chi connectivity index (χ3v) is 5.13. The third-order valence-electron chi connectivity index (χ3n) is 4.58. The van der Waals surface area contributed by atoms with Crippen molar-refractivity contribution in [2.75, 3.05) is 13.1 Å². The van der Waals surface area contributed by atoms with E-state index in [9.17, 15) is 18.0 Å². The van der Waals surface area contributed by atoms with Gasteiger partial charge in [-0.05, 0) is 26.0 Å². The van der Waals surface area contributed by atoms with E-state index in [1.54, 1.807) is 28.8 Å². The van der Waals surface area contributed by atoms with Gasteiger partial charge < -0.3 is 10.0 Å². The normalized spacial score (nSPS) is 11.1. The van der Waals surface area contributed by atoms with Crippen molar-refractivity contribution in [3.05, 3.63) is 52.1 Å². The highest BCUT2D eigenvalue weighted by Crippen LogP contribution is 2.35. The highest BCUT2D eigenvalue weighted by Gasteiger charge is 2.38. The molecule has 32 heavy (non-hydrogen) atoms. The van der Waals surface area contributed by atoms with Crippen molar-refractivity contribution in [1.29, 1.82) is 0 Å². The number of alkyl halides is 3. The van der Waals surface area contributed by atoms with E-state index in [4.69, 9.17) is 33.1 Å². The number of carbonyl (C=O) groups is 2. The summed E-state index contributed by atoms with van der Waals surface area (Å²) in [4.78, 5) is 23.6. The van der Waals surface area contributed by atoms with Gasteiger partial charge in [0.05, 0.1) is 0 Å². The highest BCUT2D eigenvalue weighted by atomic mass is 35.5. The van der Waals surface area contributed by atoms with Crippen molar-refractivity contribution in [2.45, 2.75) is 20.0 Å². The van der Waals surface area contributed by atoms with E-state index in [1.165, 1.54) is 0 Å². The summed E-state index contributed by atoms with van der Waals surface area (Å²) in [5.41, 5.74) is 3.07. The summed E-state index contributed by atoms with van der Waals surface area (Å²) in [7, 11) is 1.80. The molecule has 0 spiro atoms. The lowest BCUT2D eigenvalue weighted by atomic mass is 10.0. The van der Waals surface area contributed by atoms with Crippen LogP contribution in [-0.2, 0) is 11.8 Å². The Kier molecular flexibility index (Phi) is 8.14. The Morgan fingerprint density at radius 2 is 1.69 bits per heavy atom. The minimum Gasteiger partial charge on any atom is -0.475 e. The minimum atomic E-state index is -5.08. The van der Waals surface area contributed by atoms with Crippen molar-refractivity contribution in [1.82, 2.24) is 14.7 Å². The molecule has 2 aromatic carbocycles. The van der Waals surface area contributed by atoms with Crippen molar-refractivity contribution >= 4 is 46.0 Å². The topological polar surface area (TPSA) is 75.4 Å². The van der Waals surface area contributed by atoms with E-state index < -0.39 is 12.1 Å². The third kappa shape index (κ3) is 5.52. The number of nitrogens with zero attached hydrogens (tertiary/aromatic N) is 3. The molecule has 0 bridgehead atoms. The van der Waals surface area contributed by atoms with E-state index in [0.717, 1.165) is 22.0 Å². The quantitative estimate of drug-likeness (QED) is 0.512. The largest absolute Gasteiger partial charge is 0.490 e. The summed E-state index contributed by atoms with van der Waals surface area (Å²) >= 11 is 12.4. The first kappa shape index (κ1) is 25.5. The maximum Gasteiger partial charge on any atom is 0.490 e. The highest BCUT2D eigenvalue weighted by molar-refractivity contribution is 6.36. The second-order valence-electron chi connectivity index (χ2n) is 6.58. The van der Waals surface area contributed by atoms with Crippen molar-refractivity contribution < 1.29 is 27.9 Å². The summed E-state index contributed by atoms with van der Waals surface area (Å²) in [5.74, 6) is -2.78. The second-order valence-corrected chi connectivity index (χ2v) is 7.42. The van der Waals surface area contributed by atoms with Crippen LogP contribution >= 0.6 is 23.2 Å². The molecule has 3 rings (SSSR count). The number of aliphatic carboxylic acids is 1. The average molecular weight is 490 g/mol. The van der Waals surface area contributed by atoms with Crippen LogP contribution < -0.4 is 0 Å². The summed E-state index contributed by atoms with van der Waals surface area (Å²) in [5, 5.41) is 13.7. The second kappa shape index (κ2) is 10.2. The van der Waals surface area contributed by atoms with E-state index in [2.05, 4.69) is 5.10 Å². The SMILES string of the molecule is CCN(CC)C(=O)c1c2cccc(-c3ccc(Cl)cc3Cl)c2nn1C.O=C(O)C(F)(F)F. The average Bonchev–Trinajstić information content (AvgIpc) is 3.04. The number of aryl methyl sites for hydroxylation is 1. The Morgan fingerprint density at radius 3 is 2.19 bits per heavy atom. The van der Waals surface area contributed by atoms with Gasteiger partial charge in [0.1, 0.15) is 11.2 Å². The number of hydrogen-bond donors (Lipinski definition) is 1. The molecule has 11 heteroatoms. The fourth-order valence-corrected chi connectivity index (χ4v) is 3.57. The number of hydrogen-bond acceptors (Lipinski definition) is 3. The van der Waals surface area contributed by atoms with Gasteiger partial charge in [0.15, 0.2) is 0 Å². The number of aromatic nitrogens is 2. The molecular formula is C21H20Cl2F3N3O3. The first-order valence-electron chi connectivity index (χ1n) is 9.42. The summed E-state index contributed by atoms with van der Waals surface area (Å²) in [6, 6.07) is 11.2. The van der Waals surface area contributed by atoms with E-state index >= 15 is 0 Å². The Bertz CT molecular complexity index is 1140. The zero-order chi connectivity index (χ0) is 24.2. The Labute approximate surface area is 192 Å². The minimum absolute atomic E-state index is 0.0191. The van der Waals surface area contributed by atoms with Gasteiger partial charge in [-0.15, -0.1) is 0 Å². The van der Waals surface area contributed by atoms with Gasteiger partial charge in [0.25, 0.3) is 5.91 Å². The van der Waals surface area contributed by atoms with Crippen LogP contribution in [0, 0.1) is 0 Å². The smallest absolute Gasteiger partial charge is 0.475 e. The molecule has 1 heterocycles. The molecule has 3 aromatic rings. The first-order valence-corrected chi connectivity index (χ1v) is 10.2. The fourth-order valence-electron chi connectivity index (χ4n) is 3.06. The molecule has 0 unspecified atom stereocenters. The van der Waals surface area contributed by atoms with Gasteiger partial charge in [-0.25, -0.2) is 4.79 Å². The molecule has 0 aliphatic heterocycles. The van der Waals surface area contributed by atoms with Crippen molar-refractivity contribution in [3.63, 3.8) is 0 Å². The monoisotopic (exact) mass is 489 g/mol. The zero-order valence-electron chi connectivity index (χ0n) is 17.4. The molecule has 1 N–H and O–H groups in total. The predicted octanol–water partition coefficient (Wildman–Crippen LogP) is 5.66. The number of rotatable bonds is 4. The standard InChI is InChI=1S/C19H19Cl2N3O.C2HF3O2/c1-4-24(5-2)19(25)18-15-8-6-7-14(17(15)22-23(18)3)13-10-9-12(20)11-16(13)21;3-2(4,5)1(6)7/h6-11H,4-5H2,1-3H3;(H,6,7). The van der Waals surface area contributed by atoms with Crippen LogP contribution in [0.3, 0.4) is 0 Å². The molecule has 0 fully saturated rings. The molecule has 1 amide bonds. The van der Waals surface area contributed by atoms with Gasteiger partial charge >= 0.3 is 12.1 Å². The van der Waals surface area contributed by atoms with Crippen molar-refractivity contribution in [3.8, 4) is 11.1 Å². The number of carbonyl (C=O) groups excluding carboxylic acids is 1. The number of fused-ring (bicyclic) bond motifs is 1. The van der Waals surface area contributed by atoms with Crippen LogP contribution in [0.4, 0.5) is 13.2 Å². The maximum absolute atomic E-state index is 12.9. The molecule has 0 aliphatic carbocycles. The maximum atomic E-state index is 12.9. The number of benzene rings is 2. The van der Waals surface area contributed by atoms with Gasteiger partial charge in [0, 0.05) is 46.7 Å². The predicted molar refractivity (Wildman–Crippen MR) is 117 cm³/mol. The molecule has 1 aromatic heterocycles. The van der Waals surface area contributed by atoms with Gasteiger partial charge in [-0.2, -0.15) is 18.3 Å². The molecular weight excluding hydrogens is 470 g/mol. The molecule has 172 valence electrons. The van der Waals surface area contributed by atoms with Crippen molar-refractivity contribution in [2.24, 2.45) is 7.05 Å². The molecule has 0 radical (unpaired) electrons. The molecule has 0 saturated heterocycles. The van der Waals surface area contributed by atoms with Crippen LogP contribution in [0.25, 0.3) is 22.0 Å². The molecule has 0 saturated carbocycles. The number of carboxylic acids is 1. The van der Waals surface area contributed by atoms with Crippen LogP contribution in [-0.4, -0.2) is 50.9 Å². The molecule has 6 nitrogen and oxygen atoms in total. The van der Waals surface area contributed by atoms with Gasteiger partial charge in [-0.1, -0.05) is 47.5 Å². The molecule has 0 aliphatic rings.